The summed E-state index contributed by atoms with van der Waals surface area (Å²) in [6, 6.07) is 27.5. The van der Waals surface area contributed by atoms with Gasteiger partial charge in [0.1, 0.15) is 11.5 Å². The molecule has 222 valence electrons. The first-order chi connectivity index (χ1) is 20.7. The van der Waals surface area contributed by atoms with E-state index < -0.39 is 15.8 Å². The maximum Gasteiger partial charge on any atom is 0.124 e. The zero-order valence-corrected chi connectivity index (χ0v) is 28.9. The van der Waals surface area contributed by atoms with Gasteiger partial charge in [0.05, 0.1) is 14.2 Å². The van der Waals surface area contributed by atoms with Crippen molar-refractivity contribution in [2.45, 2.75) is 60.5 Å². The van der Waals surface area contributed by atoms with Crippen LogP contribution in [0.15, 0.2) is 95.8 Å². The van der Waals surface area contributed by atoms with Crippen LogP contribution in [-0.2, 0) is 0 Å². The molecule has 1 atom stereocenters. The SMILES string of the molecule is COc1c(C)cc(P(C2=C([C@@H](C)P(c3ccccc3C)c3ccccc3C)C=CC2)c2cc(C)c(OC)c(C)c2)cc1C. The molecule has 4 aromatic carbocycles. The quantitative estimate of drug-likeness (QED) is 0.178. The molecule has 0 aromatic heterocycles. The average Bonchev–Trinajstić information content (AvgIpc) is 3.44. The highest BCUT2D eigenvalue weighted by Gasteiger charge is 2.32. The minimum Gasteiger partial charge on any atom is -0.496 e. The number of ether oxygens (including phenoxy) is 2. The Bertz CT molecular complexity index is 1560. The molecule has 0 bridgehead atoms. The van der Waals surface area contributed by atoms with E-state index in [9.17, 15) is 0 Å². The molecule has 0 aliphatic heterocycles. The van der Waals surface area contributed by atoms with Crippen molar-refractivity contribution in [3.63, 3.8) is 0 Å². The van der Waals surface area contributed by atoms with Crippen molar-refractivity contribution in [3.8, 4) is 11.5 Å². The van der Waals surface area contributed by atoms with E-state index in [2.05, 4.69) is 133 Å². The third-order valence-corrected chi connectivity index (χ3v) is 14.2. The number of methoxy groups -OCH3 is 2. The van der Waals surface area contributed by atoms with Crippen LogP contribution in [0.4, 0.5) is 0 Å². The van der Waals surface area contributed by atoms with Gasteiger partial charge in [0.25, 0.3) is 0 Å². The van der Waals surface area contributed by atoms with Crippen molar-refractivity contribution >= 4 is 37.1 Å². The van der Waals surface area contributed by atoms with E-state index in [4.69, 9.17) is 9.47 Å². The van der Waals surface area contributed by atoms with E-state index >= 15 is 0 Å². The summed E-state index contributed by atoms with van der Waals surface area (Å²) < 4.78 is 11.6. The summed E-state index contributed by atoms with van der Waals surface area (Å²) in [5.41, 5.74) is 9.37. The minimum atomic E-state index is -0.785. The Morgan fingerprint density at radius 3 is 1.42 bits per heavy atom. The average molecular weight is 607 g/mol. The zero-order chi connectivity index (χ0) is 30.8. The van der Waals surface area contributed by atoms with E-state index in [1.54, 1.807) is 19.5 Å². The molecule has 43 heavy (non-hydrogen) atoms. The van der Waals surface area contributed by atoms with Crippen LogP contribution in [-0.4, -0.2) is 19.9 Å². The molecule has 0 saturated carbocycles. The molecule has 5 rings (SSSR count). The Hall–Kier alpha value is -3.18. The third-order valence-electron chi connectivity index (χ3n) is 8.61. The molecule has 0 fully saturated rings. The van der Waals surface area contributed by atoms with Crippen molar-refractivity contribution in [3.05, 3.63) is 129 Å². The van der Waals surface area contributed by atoms with Gasteiger partial charge in [0, 0.05) is 5.66 Å². The van der Waals surface area contributed by atoms with E-state index in [0.29, 0.717) is 5.66 Å². The highest BCUT2D eigenvalue weighted by Crippen LogP contribution is 2.55. The summed E-state index contributed by atoms with van der Waals surface area (Å²) in [5.74, 6) is 1.96. The van der Waals surface area contributed by atoms with E-state index in [-0.39, 0.29) is 0 Å². The molecular formula is C39H44O2P2. The Balaban J connectivity index is 1.75. The Morgan fingerprint density at radius 2 is 1.02 bits per heavy atom. The molecule has 1 aliphatic carbocycles. The summed E-state index contributed by atoms with van der Waals surface area (Å²) in [4.78, 5) is 0. The monoisotopic (exact) mass is 606 g/mol. The van der Waals surface area contributed by atoms with Gasteiger partial charge in [-0.2, -0.15) is 0 Å². The van der Waals surface area contributed by atoms with Crippen molar-refractivity contribution < 1.29 is 9.47 Å². The van der Waals surface area contributed by atoms with Crippen LogP contribution in [0.5, 0.6) is 11.5 Å². The number of allylic oxidation sites excluding steroid dienone is 4. The lowest BCUT2D eigenvalue weighted by Crippen LogP contribution is -2.25. The Morgan fingerprint density at radius 1 is 0.605 bits per heavy atom. The van der Waals surface area contributed by atoms with Crippen LogP contribution < -0.4 is 30.7 Å². The fraction of sp³-hybridized carbons (Fsp3) is 0.282. The summed E-state index contributed by atoms with van der Waals surface area (Å²) in [6.45, 7) is 15.7. The topological polar surface area (TPSA) is 18.5 Å². The highest BCUT2D eigenvalue weighted by atomic mass is 31.1. The van der Waals surface area contributed by atoms with Crippen LogP contribution >= 0.6 is 15.8 Å². The molecule has 4 aromatic rings. The lowest BCUT2D eigenvalue weighted by molar-refractivity contribution is 0.408. The molecular weight excluding hydrogens is 562 g/mol. The van der Waals surface area contributed by atoms with Gasteiger partial charge >= 0.3 is 0 Å². The van der Waals surface area contributed by atoms with Gasteiger partial charge in [-0.1, -0.05) is 67.6 Å². The van der Waals surface area contributed by atoms with Crippen LogP contribution in [0.25, 0.3) is 0 Å². The summed E-state index contributed by atoms with van der Waals surface area (Å²) in [5, 5.41) is 7.28. The first kappa shape index (κ1) is 31.3. The van der Waals surface area contributed by atoms with Crippen LogP contribution in [0.2, 0.25) is 0 Å². The number of rotatable bonds is 9. The second kappa shape index (κ2) is 13.2. The zero-order valence-electron chi connectivity index (χ0n) is 27.1. The van der Waals surface area contributed by atoms with Crippen LogP contribution in [0.1, 0.15) is 46.7 Å². The lowest BCUT2D eigenvalue weighted by atomic mass is 10.1. The van der Waals surface area contributed by atoms with Crippen LogP contribution in [0.3, 0.4) is 0 Å². The molecule has 0 spiro atoms. The predicted molar refractivity (Wildman–Crippen MR) is 190 cm³/mol. The fourth-order valence-corrected chi connectivity index (χ4v) is 12.8. The molecule has 2 nitrogen and oxygen atoms in total. The standard InChI is InChI=1S/C39H44O2P2/c1-25-15-10-12-18-35(25)42(36-19-13-11-16-26(36)2)31(7)34-17-14-20-37(34)43(32-21-27(3)38(40-8)28(4)22-32)33-23-29(5)39(41-9)30(6)24-33/h10-19,21-24,31H,20H2,1-9H3/t31-/m1/s1. The molecule has 0 saturated heterocycles. The maximum absolute atomic E-state index is 5.79. The largest absolute Gasteiger partial charge is 0.496 e. The van der Waals surface area contributed by atoms with Crippen molar-refractivity contribution in [2.75, 3.05) is 14.2 Å². The summed E-state index contributed by atoms with van der Waals surface area (Å²) in [6.07, 6.45) is 5.81. The molecule has 0 amide bonds. The molecule has 0 heterocycles. The van der Waals surface area contributed by atoms with E-state index in [1.807, 2.05) is 0 Å². The van der Waals surface area contributed by atoms with Gasteiger partial charge in [0.15, 0.2) is 0 Å². The van der Waals surface area contributed by atoms with E-state index in [1.165, 1.54) is 60.2 Å². The fourth-order valence-electron chi connectivity index (χ4n) is 6.68. The normalized spacial score (nSPS) is 13.7. The number of hydrogen-bond donors (Lipinski definition) is 0. The maximum atomic E-state index is 5.79. The van der Waals surface area contributed by atoms with Crippen molar-refractivity contribution in [2.24, 2.45) is 0 Å². The molecule has 0 radical (unpaired) electrons. The van der Waals surface area contributed by atoms with E-state index in [0.717, 1.165) is 17.9 Å². The molecule has 0 N–H and O–H groups in total. The van der Waals surface area contributed by atoms with Gasteiger partial charge in [-0.25, -0.2) is 0 Å². The molecule has 1 aliphatic rings. The van der Waals surface area contributed by atoms with Gasteiger partial charge < -0.3 is 9.47 Å². The molecule has 0 unspecified atom stereocenters. The lowest BCUT2D eigenvalue weighted by Gasteiger charge is -2.32. The number of hydrogen-bond acceptors (Lipinski definition) is 2. The number of aryl methyl sites for hydroxylation is 6. The summed E-state index contributed by atoms with van der Waals surface area (Å²) >= 11 is 0. The summed E-state index contributed by atoms with van der Waals surface area (Å²) in [7, 11) is 2.13. The second-order valence-corrected chi connectivity index (χ2v) is 16.4. The first-order valence-corrected chi connectivity index (χ1v) is 17.8. The van der Waals surface area contributed by atoms with Gasteiger partial charge in [-0.05, 0) is 154 Å². The minimum absolute atomic E-state index is 0.358. The first-order valence-electron chi connectivity index (χ1n) is 15.1. The highest BCUT2D eigenvalue weighted by molar-refractivity contribution is 7.77. The van der Waals surface area contributed by atoms with Crippen LogP contribution in [0, 0.1) is 41.5 Å². The second-order valence-electron chi connectivity index (χ2n) is 11.7. The smallest absolute Gasteiger partial charge is 0.124 e. The van der Waals surface area contributed by atoms with Gasteiger partial charge in [0.2, 0.25) is 0 Å². The van der Waals surface area contributed by atoms with Gasteiger partial charge in [-0.15, -0.1) is 0 Å². The van der Waals surface area contributed by atoms with Crippen molar-refractivity contribution in [1.29, 1.82) is 0 Å². The van der Waals surface area contributed by atoms with Crippen molar-refractivity contribution in [1.82, 2.24) is 0 Å². The Labute approximate surface area is 261 Å². The van der Waals surface area contributed by atoms with Gasteiger partial charge in [-0.3, -0.25) is 0 Å². The predicted octanol–water partition coefficient (Wildman–Crippen LogP) is 8.72. The number of benzene rings is 4. The third kappa shape index (κ3) is 6.11. The molecule has 4 heteroatoms. The Kier molecular flexibility index (Phi) is 9.60.